The Bertz CT molecular complexity index is 254. The fourth-order valence-electron chi connectivity index (χ4n) is 3.15. The Morgan fingerprint density at radius 3 is 1.61 bits per heavy atom. The molecule has 0 amide bonds. The summed E-state index contributed by atoms with van der Waals surface area (Å²) in [6, 6.07) is 0. The van der Waals surface area contributed by atoms with Crippen molar-refractivity contribution in [1.82, 2.24) is 16.0 Å². The van der Waals surface area contributed by atoms with Crippen molar-refractivity contribution in [2.75, 3.05) is 20.6 Å². The van der Waals surface area contributed by atoms with Gasteiger partial charge in [0, 0.05) is 5.54 Å². The first-order valence-electron chi connectivity index (χ1n) is 10.0. The van der Waals surface area contributed by atoms with Gasteiger partial charge >= 0.3 is 0 Å². The third-order valence-corrected chi connectivity index (χ3v) is 4.85. The molecular formula is C20H45N3. The summed E-state index contributed by atoms with van der Waals surface area (Å²) in [5.74, 6) is 0. The molecule has 0 bridgehead atoms. The van der Waals surface area contributed by atoms with Crippen LogP contribution in [0.3, 0.4) is 0 Å². The molecule has 0 spiro atoms. The van der Waals surface area contributed by atoms with E-state index in [2.05, 4.69) is 57.7 Å². The summed E-state index contributed by atoms with van der Waals surface area (Å²) in [4.78, 5) is 0. The van der Waals surface area contributed by atoms with Crippen molar-refractivity contribution in [3.8, 4) is 0 Å². The van der Waals surface area contributed by atoms with Gasteiger partial charge in [-0.25, -0.2) is 0 Å². The minimum Gasteiger partial charge on any atom is -0.312 e. The van der Waals surface area contributed by atoms with Gasteiger partial charge in [-0.1, -0.05) is 51.9 Å². The lowest BCUT2D eigenvalue weighted by molar-refractivity contribution is 0.236. The molecule has 0 aliphatic carbocycles. The maximum absolute atomic E-state index is 3.58. The van der Waals surface area contributed by atoms with Crippen LogP contribution in [0.4, 0.5) is 0 Å². The predicted octanol–water partition coefficient (Wildman–Crippen LogP) is 4.82. The summed E-state index contributed by atoms with van der Waals surface area (Å²) in [5, 5.41) is 10.7. The minimum atomic E-state index is 0.130. The van der Waals surface area contributed by atoms with Crippen LogP contribution in [0.2, 0.25) is 0 Å². The van der Waals surface area contributed by atoms with E-state index in [4.69, 9.17) is 0 Å². The maximum Gasteiger partial charge on any atom is 0.0682 e. The SMILES string of the molecule is CCCCCCCCCC(CCCCNC(C)(C)C)(NC)NC. The molecule has 0 rings (SSSR count). The van der Waals surface area contributed by atoms with Crippen LogP contribution in [0.1, 0.15) is 98.3 Å². The topological polar surface area (TPSA) is 36.1 Å². The van der Waals surface area contributed by atoms with Crippen LogP contribution in [0, 0.1) is 0 Å². The first-order chi connectivity index (χ1) is 10.9. The first-order valence-corrected chi connectivity index (χ1v) is 10.0. The summed E-state index contributed by atoms with van der Waals surface area (Å²) >= 11 is 0. The molecule has 0 saturated carbocycles. The molecular weight excluding hydrogens is 282 g/mol. The van der Waals surface area contributed by atoms with Crippen LogP contribution < -0.4 is 16.0 Å². The highest BCUT2D eigenvalue weighted by Crippen LogP contribution is 2.19. The van der Waals surface area contributed by atoms with E-state index in [9.17, 15) is 0 Å². The van der Waals surface area contributed by atoms with Crippen molar-refractivity contribution < 1.29 is 0 Å². The van der Waals surface area contributed by atoms with Crippen molar-refractivity contribution >= 4 is 0 Å². The first kappa shape index (κ1) is 22.9. The number of hydrogen-bond donors (Lipinski definition) is 3. The lowest BCUT2D eigenvalue weighted by atomic mass is 9.94. The lowest BCUT2D eigenvalue weighted by Gasteiger charge is -2.34. The highest BCUT2D eigenvalue weighted by molar-refractivity contribution is 4.82. The lowest BCUT2D eigenvalue weighted by Crippen LogP contribution is -2.53. The average Bonchev–Trinajstić information content (AvgIpc) is 2.51. The van der Waals surface area contributed by atoms with Gasteiger partial charge < -0.3 is 16.0 Å². The van der Waals surface area contributed by atoms with Crippen LogP contribution in [0.25, 0.3) is 0 Å². The summed E-state index contributed by atoms with van der Waals surface area (Å²) in [6.45, 7) is 10.1. The van der Waals surface area contributed by atoms with Gasteiger partial charge in [0.05, 0.1) is 5.66 Å². The second-order valence-corrected chi connectivity index (χ2v) is 8.09. The molecule has 0 fully saturated rings. The van der Waals surface area contributed by atoms with Gasteiger partial charge in [-0.3, -0.25) is 0 Å². The molecule has 140 valence electrons. The molecule has 23 heavy (non-hydrogen) atoms. The molecule has 3 N–H and O–H groups in total. The van der Waals surface area contributed by atoms with Crippen LogP contribution in [0.15, 0.2) is 0 Å². The third-order valence-electron chi connectivity index (χ3n) is 4.85. The fourth-order valence-corrected chi connectivity index (χ4v) is 3.15. The third kappa shape index (κ3) is 12.9. The normalized spacial score (nSPS) is 12.8. The zero-order valence-corrected chi connectivity index (χ0v) is 17.0. The molecule has 0 saturated heterocycles. The average molecular weight is 328 g/mol. The standard InChI is InChI=1S/C20H45N3/c1-7-8-9-10-11-12-13-16-20(21-5,22-6)17-14-15-18-23-19(2,3)4/h21-23H,7-18H2,1-6H3. The van der Waals surface area contributed by atoms with E-state index in [1.54, 1.807) is 0 Å². The van der Waals surface area contributed by atoms with Crippen molar-refractivity contribution in [2.24, 2.45) is 0 Å². The number of hydrogen-bond acceptors (Lipinski definition) is 3. The predicted molar refractivity (Wildman–Crippen MR) is 105 cm³/mol. The smallest absolute Gasteiger partial charge is 0.0682 e. The number of unbranched alkanes of at least 4 members (excludes halogenated alkanes) is 7. The molecule has 0 aromatic carbocycles. The van der Waals surface area contributed by atoms with Gasteiger partial charge in [-0.05, 0) is 67.1 Å². The van der Waals surface area contributed by atoms with Crippen LogP contribution >= 0.6 is 0 Å². The summed E-state index contributed by atoms with van der Waals surface area (Å²) in [5.41, 5.74) is 0.367. The Hall–Kier alpha value is -0.120. The summed E-state index contributed by atoms with van der Waals surface area (Å²) in [6.07, 6.45) is 14.6. The van der Waals surface area contributed by atoms with E-state index in [0.29, 0.717) is 0 Å². The number of nitrogens with one attached hydrogen (secondary N) is 3. The Kier molecular flexibility index (Phi) is 13.1. The highest BCUT2D eigenvalue weighted by atomic mass is 15.2. The van der Waals surface area contributed by atoms with E-state index < -0.39 is 0 Å². The molecule has 0 unspecified atom stereocenters. The van der Waals surface area contributed by atoms with Crippen molar-refractivity contribution in [3.63, 3.8) is 0 Å². The van der Waals surface area contributed by atoms with E-state index in [0.717, 1.165) is 6.54 Å². The van der Waals surface area contributed by atoms with Gasteiger partial charge in [0.1, 0.15) is 0 Å². The Labute approximate surface area is 146 Å². The molecule has 0 aromatic rings. The van der Waals surface area contributed by atoms with Crippen molar-refractivity contribution in [3.05, 3.63) is 0 Å². The van der Waals surface area contributed by atoms with E-state index in [-0.39, 0.29) is 11.2 Å². The molecule has 0 atom stereocenters. The zero-order chi connectivity index (χ0) is 17.6. The second-order valence-electron chi connectivity index (χ2n) is 8.09. The Morgan fingerprint density at radius 1 is 0.652 bits per heavy atom. The highest BCUT2D eigenvalue weighted by Gasteiger charge is 2.24. The zero-order valence-electron chi connectivity index (χ0n) is 17.0. The van der Waals surface area contributed by atoms with Gasteiger partial charge in [-0.15, -0.1) is 0 Å². The molecule has 0 radical (unpaired) electrons. The summed E-state index contributed by atoms with van der Waals surface area (Å²) in [7, 11) is 4.20. The molecule has 0 aliphatic heterocycles. The monoisotopic (exact) mass is 327 g/mol. The van der Waals surface area contributed by atoms with Gasteiger partial charge in [0.2, 0.25) is 0 Å². The van der Waals surface area contributed by atoms with Gasteiger partial charge in [0.15, 0.2) is 0 Å². The molecule has 3 nitrogen and oxygen atoms in total. The number of rotatable bonds is 15. The Balaban J connectivity index is 3.87. The largest absolute Gasteiger partial charge is 0.312 e. The van der Waals surface area contributed by atoms with Gasteiger partial charge in [0.25, 0.3) is 0 Å². The Morgan fingerprint density at radius 2 is 1.13 bits per heavy atom. The van der Waals surface area contributed by atoms with Crippen LogP contribution in [-0.2, 0) is 0 Å². The maximum atomic E-state index is 3.58. The molecule has 0 heterocycles. The fraction of sp³-hybridized carbons (Fsp3) is 1.00. The van der Waals surface area contributed by atoms with Crippen molar-refractivity contribution in [2.45, 2.75) is 110 Å². The minimum absolute atomic E-state index is 0.130. The quantitative estimate of drug-likeness (QED) is 0.298. The van der Waals surface area contributed by atoms with Crippen LogP contribution in [-0.4, -0.2) is 31.8 Å². The summed E-state index contributed by atoms with van der Waals surface area (Å²) < 4.78 is 0. The van der Waals surface area contributed by atoms with Crippen molar-refractivity contribution in [1.29, 1.82) is 0 Å². The van der Waals surface area contributed by atoms with E-state index in [1.807, 2.05) is 0 Å². The molecule has 0 aliphatic rings. The molecule has 0 aromatic heterocycles. The molecule has 3 heteroatoms. The second kappa shape index (κ2) is 13.2. The van der Waals surface area contributed by atoms with Gasteiger partial charge in [-0.2, -0.15) is 0 Å². The van der Waals surface area contributed by atoms with E-state index in [1.165, 1.54) is 70.6 Å². The van der Waals surface area contributed by atoms with E-state index >= 15 is 0 Å². The van der Waals surface area contributed by atoms with Crippen LogP contribution in [0.5, 0.6) is 0 Å².